The molecule has 11 nitrogen and oxygen atoms in total. The number of allylic oxidation sites excluding steroid dienone is 4. The van der Waals surface area contributed by atoms with Gasteiger partial charge in [0.15, 0.2) is 0 Å². The fraction of sp³-hybridized carbons (Fsp3) is 0.610. The van der Waals surface area contributed by atoms with Crippen LogP contribution in [0.15, 0.2) is 52.6 Å². The minimum atomic E-state index is -3.85. The molecular formula is C41H54N4O7S. The van der Waals surface area contributed by atoms with Crippen molar-refractivity contribution in [2.24, 2.45) is 16.7 Å². The number of hydrogen-bond donors (Lipinski definition) is 1. The van der Waals surface area contributed by atoms with E-state index in [1.807, 2.05) is 0 Å². The number of methoxy groups -OCH3 is 3. The molecule has 1 aromatic carbocycles. The van der Waals surface area contributed by atoms with Crippen molar-refractivity contribution in [2.45, 2.75) is 76.0 Å². The van der Waals surface area contributed by atoms with Crippen LogP contribution in [0, 0.1) is 16.7 Å². The van der Waals surface area contributed by atoms with E-state index in [4.69, 9.17) is 14.2 Å². The number of aromatic nitrogens is 1. The predicted octanol–water partition coefficient (Wildman–Crippen LogP) is 4.89. The first-order chi connectivity index (χ1) is 25.4. The smallest absolute Gasteiger partial charge is 0.265 e. The molecule has 0 spiro atoms. The summed E-state index contributed by atoms with van der Waals surface area (Å²) in [6.45, 7) is 7.43. The van der Waals surface area contributed by atoms with E-state index in [1.165, 1.54) is 24.8 Å². The summed E-state index contributed by atoms with van der Waals surface area (Å²) in [5.74, 6) is -0.0867. The van der Waals surface area contributed by atoms with Gasteiger partial charge < -0.3 is 28.6 Å². The van der Waals surface area contributed by atoms with Gasteiger partial charge in [0.2, 0.25) is 15.9 Å². The zero-order valence-electron chi connectivity index (χ0n) is 32.0. The van der Waals surface area contributed by atoms with Gasteiger partial charge in [0.1, 0.15) is 5.75 Å². The second-order valence-corrected chi connectivity index (χ2v) is 19.1. The molecule has 0 bridgehead atoms. The van der Waals surface area contributed by atoms with Gasteiger partial charge in [-0.2, -0.15) is 0 Å². The lowest BCUT2D eigenvalue weighted by Gasteiger charge is -2.36. The van der Waals surface area contributed by atoms with E-state index in [0.29, 0.717) is 50.8 Å². The summed E-state index contributed by atoms with van der Waals surface area (Å²) >= 11 is 0. The first kappa shape index (κ1) is 36.5. The van der Waals surface area contributed by atoms with Crippen molar-refractivity contribution in [1.29, 1.82) is 0 Å². The number of sulfonamides is 1. The third-order valence-electron chi connectivity index (χ3n) is 13.3. The van der Waals surface area contributed by atoms with Gasteiger partial charge in [0, 0.05) is 74.8 Å². The number of carbonyl (C=O) groups is 2. The van der Waals surface area contributed by atoms with Gasteiger partial charge in [-0.3, -0.25) is 9.59 Å². The van der Waals surface area contributed by atoms with Crippen LogP contribution in [0.2, 0.25) is 0 Å². The highest BCUT2D eigenvalue weighted by Gasteiger charge is 2.64. The lowest BCUT2D eigenvalue weighted by atomic mass is 9.69. The summed E-state index contributed by atoms with van der Waals surface area (Å²) in [6, 6.07) is 6.52. The van der Waals surface area contributed by atoms with Crippen molar-refractivity contribution in [3.63, 3.8) is 0 Å². The van der Waals surface area contributed by atoms with Crippen LogP contribution in [-0.4, -0.2) is 108 Å². The average molecular weight is 747 g/mol. The van der Waals surface area contributed by atoms with Crippen molar-refractivity contribution in [1.82, 2.24) is 19.1 Å². The van der Waals surface area contributed by atoms with Gasteiger partial charge in [-0.05, 0) is 80.5 Å². The Morgan fingerprint density at radius 1 is 0.981 bits per heavy atom. The summed E-state index contributed by atoms with van der Waals surface area (Å²) in [7, 11) is 3.45. The van der Waals surface area contributed by atoms with Crippen LogP contribution in [0.4, 0.5) is 0 Å². The monoisotopic (exact) mass is 746 g/mol. The fourth-order valence-corrected chi connectivity index (χ4v) is 11.5. The van der Waals surface area contributed by atoms with Crippen LogP contribution in [-0.2, 0) is 35.6 Å². The molecule has 53 heavy (non-hydrogen) atoms. The fourth-order valence-electron chi connectivity index (χ4n) is 10.9. The highest BCUT2D eigenvalue weighted by atomic mass is 32.2. The van der Waals surface area contributed by atoms with Gasteiger partial charge in [-0.1, -0.05) is 37.5 Å². The van der Waals surface area contributed by atoms with Crippen molar-refractivity contribution in [3.05, 3.63) is 63.9 Å². The minimum absolute atomic E-state index is 0.0919. The first-order valence-corrected chi connectivity index (χ1v) is 20.8. The standard InChI is InChI=1S/C41H54N4O7S/c1-25(2)53(48,49)42-38(46)36-31-18-45-32(17-30-33(52-6)16-15-27(37(30)45)26-11-8-7-9-12-26)34-28(35(31)36)13-10-14-29(34)39(47)44-21-40(23-50-4)19-43(3)20-41(40,22-44)24-51-5/h10,13,15-17,25-26,29,34H,7-9,11-12,14,18-24H2,1-6H3,(H,42,46)/t29-,34?,40-,41+/m1/s1. The van der Waals surface area contributed by atoms with Crippen LogP contribution >= 0.6 is 0 Å². The van der Waals surface area contributed by atoms with Crippen molar-refractivity contribution in [3.8, 4) is 5.75 Å². The molecule has 3 aliphatic carbocycles. The Bertz CT molecular complexity index is 2030. The van der Waals surface area contributed by atoms with Crippen molar-refractivity contribution >= 4 is 32.7 Å². The molecular weight excluding hydrogens is 693 g/mol. The normalized spacial score (nSPS) is 28.6. The molecule has 2 aromatic rings. The summed E-state index contributed by atoms with van der Waals surface area (Å²) in [5, 5.41) is 0.260. The Morgan fingerprint density at radius 2 is 1.66 bits per heavy atom. The largest absolute Gasteiger partial charge is 0.496 e. The molecule has 1 saturated carbocycles. The topological polar surface area (TPSA) is 119 Å². The highest BCUT2D eigenvalue weighted by molar-refractivity contribution is 7.90. The second-order valence-electron chi connectivity index (χ2n) is 16.8. The Hall–Kier alpha value is -3.45. The molecule has 4 atom stereocenters. The number of likely N-dealkylation sites (tertiary alicyclic amines) is 2. The zero-order chi connectivity index (χ0) is 37.4. The van der Waals surface area contributed by atoms with Crippen molar-refractivity contribution < 1.29 is 32.2 Å². The number of nitrogens with zero attached hydrogens (tertiary/aromatic N) is 3. The molecule has 1 unspecified atom stereocenters. The van der Waals surface area contributed by atoms with E-state index >= 15 is 4.79 Å². The molecule has 1 N–H and O–H groups in total. The number of hydrogen-bond acceptors (Lipinski definition) is 8. The summed E-state index contributed by atoms with van der Waals surface area (Å²) in [4.78, 5) is 33.4. The average Bonchev–Trinajstić information content (AvgIpc) is 3.53. The third kappa shape index (κ3) is 5.73. The maximum absolute atomic E-state index is 15.2. The summed E-state index contributed by atoms with van der Waals surface area (Å²) in [5.41, 5.74) is 5.87. The first-order valence-electron chi connectivity index (χ1n) is 19.2. The maximum Gasteiger partial charge on any atom is 0.265 e. The van der Waals surface area contributed by atoms with Gasteiger partial charge in [-0.15, -0.1) is 0 Å². The van der Waals surface area contributed by atoms with Gasteiger partial charge in [-0.25, -0.2) is 13.1 Å². The van der Waals surface area contributed by atoms with Gasteiger partial charge in [0.25, 0.3) is 5.91 Å². The molecule has 286 valence electrons. The van der Waals surface area contributed by atoms with Crippen LogP contribution in [0.1, 0.15) is 75.5 Å². The molecule has 2 amide bonds. The van der Waals surface area contributed by atoms with E-state index in [0.717, 1.165) is 65.0 Å². The molecule has 1 aromatic heterocycles. The Balaban J connectivity index is 1.27. The number of amides is 2. The van der Waals surface area contributed by atoms with Crippen LogP contribution in [0.3, 0.4) is 0 Å². The zero-order valence-corrected chi connectivity index (χ0v) is 32.8. The van der Waals surface area contributed by atoms with E-state index in [9.17, 15) is 13.2 Å². The number of nitrogens with one attached hydrogen (secondary N) is 1. The molecule has 8 rings (SSSR count). The Kier molecular flexibility index (Phi) is 9.23. The third-order valence-corrected chi connectivity index (χ3v) is 15.0. The number of benzene rings is 1. The van der Waals surface area contributed by atoms with Crippen LogP contribution in [0.25, 0.3) is 10.9 Å². The van der Waals surface area contributed by atoms with E-state index in [-0.39, 0.29) is 22.7 Å². The molecule has 4 heterocycles. The van der Waals surface area contributed by atoms with Crippen molar-refractivity contribution in [2.75, 3.05) is 67.8 Å². The summed E-state index contributed by atoms with van der Waals surface area (Å²) < 4.78 is 48.2. The number of carbonyl (C=O) groups excluding carboxylic acids is 2. The van der Waals surface area contributed by atoms with E-state index in [2.05, 4.69) is 56.5 Å². The van der Waals surface area contributed by atoms with Gasteiger partial charge >= 0.3 is 0 Å². The molecule has 6 aliphatic rings. The Labute approximate surface area is 313 Å². The molecule has 2 saturated heterocycles. The number of fused-ring (bicyclic) bond motifs is 7. The van der Waals surface area contributed by atoms with E-state index < -0.39 is 27.1 Å². The van der Waals surface area contributed by atoms with E-state index in [1.54, 1.807) is 35.2 Å². The lowest BCUT2D eigenvalue weighted by molar-refractivity contribution is -0.136. The number of ether oxygens (including phenoxy) is 3. The van der Waals surface area contributed by atoms with Crippen LogP contribution < -0.4 is 9.46 Å². The quantitative estimate of drug-likeness (QED) is 0.366. The molecule has 3 fully saturated rings. The highest BCUT2D eigenvalue weighted by Crippen LogP contribution is 2.57. The van der Waals surface area contributed by atoms with Gasteiger partial charge in [0.05, 0.1) is 42.6 Å². The summed E-state index contributed by atoms with van der Waals surface area (Å²) in [6.07, 6.45) is 10.5. The molecule has 0 radical (unpaired) electrons. The maximum atomic E-state index is 15.2. The second kappa shape index (κ2) is 13.4. The lowest BCUT2D eigenvalue weighted by Crippen LogP contribution is -2.46. The predicted molar refractivity (Wildman–Crippen MR) is 203 cm³/mol. The molecule has 12 heteroatoms. The SMILES string of the molecule is COC[C@@]12CN(C)C[C@]1(COC)CN(C(=O)[C@@H]1CC=CC3=C4C(=C4C(=O)NS(=O)(=O)C(C)C)Cn4c(cc5c(OC)ccc(C6CCCCC6)c54)C31)C2. The Morgan fingerprint density at radius 3 is 2.28 bits per heavy atom. The minimum Gasteiger partial charge on any atom is -0.496 e. The number of rotatable bonds is 10. The van der Waals surface area contributed by atoms with Crippen LogP contribution in [0.5, 0.6) is 5.75 Å². The molecule has 3 aliphatic heterocycles.